The van der Waals surface area contributed by atoms with E-state index in [1.807, 2.05) is 18.2 Å². The lowest BCUT2D eigenvalue weighted by molar-refractivity contribution is 0.235. The van der Waals surface area contributed by atoms with Crippen molar-refractivity contribution in [2.24, 2.45) is 0 Å². The van der Waals surface area contributed by atoms with Crippen molar-refractivity contribution in [2.75, 3.05) is 11.9 Å². The van der Waals surface area contributed by atoms with Gasteiger partial charge < -0.3 is 9.73 Å². The lowest BCUT2D eigenvalue weighted by Gasteiger charge is -2.15. The van der Waals surface area contributed by atoms with Crippen LogP contribution in [0.2, 0.25) is 0 Å². The minimum atomic E-state index is -1.23. The lowest BCUT2D eigenvalue weighted by Crippen LogP contribution is -2.24. The van der Waals surface area contributed by atoms with Crippen LogP contribution in [0.3, 0.4) is 0 Å². The Labute approximate surface area is 93.7 Å². The van der Waals surface area contributed by atoms with Gasteiger partial charge in [0.2, 0.25) is 0 Å². The molecule has 0 aliphatic heterocycles. The first kappa shape index (κ1) is 10.9. The SMILES string of the molecule is Cc1nc2ccc(NCC(C)(C)F)cc2o1. The van der Waals surface area contributed by atoms with Crippen molar-refractivity contribution in [3.05, 3.63) is 24.1 Å². The number of hydrogen-bond acceptors (Lipinski definition) is 3. The number of aromatic nitrogens is 1. The van der Waals surface area contributed by atoms with Crippen LogP contribution in [-0.2, 0) is 0 Å². The number of rotatable bonds is 3. The Balaban J connectivity index is 2.19. The average Bonchev–Trinajstić information content (AvgIpc) is 2.52. The summed E-state index contributed by atoms with van der Waals surface area (Å²) >= 11 is 0. The van der Waals surface area contributed by atoms with Gasteiger partial charge in [-0.25, -0.2) is 9.37 Å². The summed E-state index contributed by atoms with van der Waals surface area (Å²) in [6.45, 7) is 5.15. The molecule has 86 valence electrons. The summed E-state index contributed by atoms with van der Waals surface area (Å²) in [6, 6.07) is 5.57. The molecule has 4 heteroatoms. The molecular weight excluding hydrogens is 207 g/mol. The molecule has 1 heterocycles. The number of anilines is 1. The van der Waals surface area contributed by atoms with Crippen LogP contribution >= 0.6 is 0 Å². The van der Waals surface area contributed by atoms with Gasteiger partial charge >= 0.3 is 0 Å². The Hall–Kier alpha value is -1.58. The van der Waals surface area contributed by atoms with Crippen molar-refractivity contribution < 1.29 is 8.81 Å². The van der Waals surface area contributed by atoms with Crippen molar-refractivity contribution in [3.63, 3.8) is 0 Å². The molecule has 0 aliphatic carbocycles. The smallest absolute Gasteiger partial charge is 0.192 e. The summed E-state index contributed by atoms with van der Waals surface area (Å²) < 4.78 is 18.7. The van der Waals surface area contributed by atoms with Crippen LogP contribution in [0.4, 0.5) is 10.1 Å². The molecule has 0 unspecified atom stereocenters. The first-order chi connectivity index (χ1) is 7.44. The number of nitrogens with one attached hydrogen (secondary N) is 1. The fourth-order valence-electron chi connectivity index (χ4n) is 1.46. The number of nitrogens with zero attached hydrogens (tertiary/aromatic N) is 1. The molecule has 0 aliphatic rings. The monoisotopic (exact) mass is 222 g/mol. The Morgan fingerprint density at radius 1 is 1.44 bits per heavy atom. The van der Waals surface area contributed by atoms with E-state index in [0.29, 0.717) is 5.89 Å². The van der Waals surface area contributed by atoms with Gasteiger partial charge in [0.15, 0.2) is 11.5 Å². The van der Waals surface area contributed by atoms with Crippen LogP contribution < -0.4 is 5.32 Å². The molecule has 2 aromatic rings. The van der Waals surface area contributed by atoms with Gasteiger partial charge in [-0.15, -0.1) is 0 Å². The highest BCUT2D eigenvalue weighted by molar-refractivity contribution is 5.77. The fourth-order valence-corrected chi connectivity index (χ4v) is 1.46. The first-order valence-electron chi connectivity index (χ1n) is 5.24. The number of benzene rings is 1. The third kappa shape index (κ3) is 2.51. The molecule has 0 bridgehead atoms. The summed E-state index contributed by atoms with van der Waals surface area (Å²) in [5.41, 5.74) is 1.16. The van der Waals surface area contributed by atoms with E-state index in [2.05, 4.69) is 10.3 Å². The molecule has 0 atom stereocenters. The first-order valence-corrected chi connectivity index (χ1v) is 5.24. The van der Waals surface area contributed by atoms with Gasteiger partial charge in [-0.3, -0.25) is 0 Å². The van der Waals surface area contributed by atoms with Gasteiger partial charge in [0.05, 0.1) is 0 Å². The van der Waals surface area contributed by atoms with Gasteiger partial charge in [-0.1, -0.05) is 0 Å². The number of oxazole rings is 1. The fraction of sp³-hybridized carbons (Fsp3) is 0.417. The van der Waals surface area contributed by atoms with E-state index in [1.54, 1.807) is 6.92 Å². The molecule has 2 rings (SSSR count). The molecule has 1 aromatic carbocycles. The van der Waals surface area contributed by atoms with E-state index in [4.69, 9.17) is 4.42 Å². The highest BCUT2D eigenvalue weighted by atomic mass is 19.1. The molecule has 16 heavy (non-hydrogen) atoms. The predicted octanol–water partition coefficient (Wildman–Crippen LogP) is 3.30. The van der Waals surface area contributed by atoms with E-state index >= 15 is 0 Å². The zero-order valence-electron chi connectivity index (χ0n) is 9.67. The van der Waals surface area contributed by atoms with Crippen LogP contribution in [-0.4, -0.2) is 17.2 Å². The molecule has 0 saturated heterocycles. The summed E-state index contributed by atoms with van der Waals surface area (Å²) in [7, 11) is 0. The van der Waals surface area contributed by atoms with Gasteiger partial charge in [0.25, 0.3) is 0 Å². The number of halogens is 1. The number of alkyl halides is 1. The highest BCUT2D eigenvalue weighted by Gasteiger charge is 2.14. The zero-order valence-corrected chi connectivity index (χ0v) is 9.67. The van der Waals surface area contributed by atoms with Gasteiger partial charge in [-0.2, -0.15) is 0 Å². The molecule has 0 fully saturated rings. The second-order valence-electron chi connectivity index (χ2n) is 4.49. The molecule has 1 aromatic heterocycles. The molecular formula is C12H15FN2O. The summed E-state index contributed by atoms with van der Waals surface area (Å²) in [6.07, 6.45) is 0. The quantitative estimate of drug-likeness (QED) is 0.865. The minimum Gasteiger partial charge on any atom is -0.441 e. The van der Waals surface area contributed by atoms with E-state index < -0.39 is 5.67 Å². The number of fused-ring (bicyclic) bond motifs is 1. The molecule has 0 saturated carbocycles. The molecule has 3 nitrogen and oxygen atoms in total. The van der Waals surface area contributed by atoms with E-state index in [-0.39, 0.29) is 6.54 Å². The van der Waals surface area contributed by atoms with Crippen LogP contribution in [0.25, 0.3) is 11.1 Å². The average molecular weight is 222 g/mol. The predicted molar refractivity (Wildman–Crippen MR) is 62.4 cm³/mol. The molecule has 0 amide bonds. The maximum absolute atomic E-state index is 13.3. The standard InChI is InChI=1S/C12H15FN2O/c1-8-15-10-5-4-9(6-11(10)16-8)14-7-12(2,3)13/h4-6,14H,7H2,1-3H3. The van der Waals surface area contributed by atoms with E-state index in [1.165, 1.54) is 13.8 Å². The summed E-state index contributed by atoms with van der Waals surface area (Å²) in [4.78, 5) is 4.19. The largest absolute Gasteiger partial charge is 0.441 e. The van der Waals surface area contributed by atoms with Crippen LogP contribution in [0.1, 0.15) is 19.7 Å². The van der Waals surface area contributed by atoms with Crippen LogP contribution in [0.15, 0.2) is 22.6 Å². The van der Waals surface area contributed by atoms with Gasteiger partial charge in [0.1, 0.15) is 11.2 Å². The Morgan fingerprint density at radius 2 is 2.19 bits per heavy atom. The van der Waals surface area contributed by atoms with Crippen molar-refractivity contribution in [1.29, 1.82) is 0 Å². The Bertz CT molecular complexity index is 499. The van der Waals surface area contributed by atoms with Crippen molar-refractivity contribution in [2.45, 2.75) is 26.4 Å². The summed E-state index contributed by atoms with van der Waals surface area (Å²) in [5.74, 6) is 0.637. The second kappa shape index (κ2) is 3.77. The third-order valence-corrected chi connectivity index (χ3v) is 2.21. The van der Waals surface area contributed by atoms with Crippen molar-refractivity contribution in [1.82, 2.24) is 4.98 Å². The molecule has 1 N–H and O–H groups in total. The normalized spacial score (nSPS) is 12.0. The maximum atomic E-state index is 13.3. The van der Waals surface area contributed by atoms with E-state index in [0.717, 1.165) is 16.8 Å². The lowest BCUT2D eigenvalue weighted by atomic mass is 10.1. The van der Waals surface area contributed by atoms with Gasteiger partial charge in [-0.05, 0) is 26.0 Å². The van der Waals surface area contributed by atoms with Crippen molar-refractivity contribution in [3.8, 4) is 0 Å². The topological polar surface area (TPSA) is 38.1 Å². The Kier molecular flexibility index (Phi) is 2.58. The van der Waals surface area contributed by atoms with Crippen LogP contribution in [0, 0.1) is 6.92 Å². The van der Waals surface area contributed by atoms with Gasteiger partial charge in [0, 0.05) is 25.2 Å². The molecule has 0 spiro atoms. The maximum Gasteiger partial charge on any atom is 0.192 e. The van der Waals surface area contributed by atoms with Crippen molar-refractivity contribution >= 4 is 16.8 Å². The Morgan fingerprint density at radius 3 is 2.88 bits per heavy atom. The zero-order chi connectivity index (χ0) is 11.8. The molecule has 0 radical (unpaired) electrons. The minimum absolute atomic E-state index is 0.269. The van der Waals surface area contributed by atoms with Crippen LogP contribution in [0.5, 0.6) is 0 Å². The highest BCUT2D eigenvalue weighted by Crippen LogP contribution is 2.20. The second-order valence-corrected chi connectivity index (χ2v) is 4.49. The number of hydrogen-bond donors (Lipinski definition) is 1. The third-order valence-electron chi connectivity index (χ3n) is 2.21. The van der Waals surface area contributed by atoms with E-state index in [9.17, 15) is 4.39 Å². The summed E-state index contributed by atoms with van der Waals surface area (Å²) in [5, 5.41) is 3.02. The number of aryl methyl sites for hydroxylation is 1.